The monoisotopic (exact) mass is 377 g/mol. The molecule has 144 valence electrons. The largest absolute Gasteiger partial charge is 0.494 e. The van der Waals surface area contributed by atoms with Crippen LogP contribution in [0.1, 0.15) is 24.2 Å². The highest BCUT2D eigenvalue weighted by Gasteiger charge is 2.14. The van der Waals surface area contributed by atoms with Gasteiger partial charge < -0.3 is 19.5 Å². The van der Waals surface area contributed by atoms with E-state index in [0.717, 1.165) is 5.75 Å². The molecule has 0 aliphatic carbocycles. The minimum Gasteiger partial charge on any atom is -0.494 e. The van der Waals surface area contributed by atoms with E-state index in [1.165, 1.54) is 0 Å². The van der Waals surface area contributed by atoms with Crippen molar-refractivity contribution in [2.75, 3.05) is 18.5 Å². The zero-order valence-electron chi connectivity index (χ0n) is 16.0. The van der Waals surface area contributed by atoms with Gasteiger partial charge in [-0.1, -0.05) is 18.2 Å². The van der Waals surface area contributed by atoms with Crippen molar-refractivity contribution in [3.8, 4) is 23.0 Å². The van der Waals surface area contributed by atoms with Crippen LogP contribution in [0, 0.1) is 0 Å². The van der Waals surface area contributed by atoms with Crippen molar-refractivity contribution in [2.45, 2.75) is 13.8 Å². The van der Waals surface area contributed by atoms with Gasteiger partial charge in [-0.3, -0.25) is 4.79 Å². The quantitative estimate of drug-likeness (QED) is 0.561. The van der Waals surface area contributed by atoms with Gasteiger partial charge >= 0.3 is 0 Å². The summed E-state index contributed by atoms with van der Waals surface area (Å²) in [6.45, 7) is 4.79. The molecule has 5 heteroatoms. The van der Waals surface area contributed by atoms with E-state index in [2.05, 4.69) is 5.32 Å². The Morgan fingerprint density at radius 3 is 2.11 bits per heavy atom. The molecule has 0 atom stereocenters. The Hall–Kier alpha value is -3.47. The molecule has 3 rings (SSSR count). The van der Waals surface area contributed by atoms with Crippen molar-refractivity contribution in [3.05, 3.63) is 78.4 Å². The molecule has 0 aliphatic rings. The van der Waals surface area contributed by atoms with Crippen LogP contribution in [0.25, 0.3) is 0 Å². The first-order valence-corrected chi connectivity index (χ1v) is 9.23. The molecule has 0 spiro atoms. The molecule has 0 radical (unpaired) electrons. The molecular formula is C23H23NO4. The number of carbonyl (C=O) groups excluding carboxylic acids is 1. The van der Waals surface area contributed by atoms with E-state index in [4.69, 9.17) is 14.2 Å². The number of para-hydroxylation sites is 1. The number of amides is 1. The van der Waals surface area contributed by atoms with Gasteiger partial charge in [-0.2, -0.15) is 0 Å². The number of ether oxygens (including phenoxy) is 3. The van der Waals surface area contributed by atoms with E-state index in [1.807, 2.05) is 56.3 Å². The average molecular weight is 377 g/mol. The topological polar surface area (TPSA) is 56.8 Å². The minimum absolute atomic E-state index is 0.247. The second-order valence-corrected chi connectivity index (χ2v) is 5.92. The Kier molecular flexibility index (Phi) is 6.52. The third-order valence-corrected chi connectivity index (χ3v) is 3.90. The number of nitrogens with one attached hydrogen (secondary N) is 1. The predicted molar refractivity (Wildman–Crippen MR) is 110 cm³/mol. The molecule has 1 amide bonds. The number of anilines is 1. The molecule has 0 heterocycles. The first kappa shape index (κ1) is 19.3. The van der Waals surface area contributed by atoms with Crippen LogP contribution in [0.5, 0.6) is 23.0 Å². The fraction of sp³-hybridized carbons (Fsp3) is 0.174. The third-order valence-electron chi connectivity index (χ3n) is 3.90. The van der Waals surface area contributed by atoms with Crippen LogP contribution >= 0.6 is 0 Å². The summed E-state index contributed by atoms with van der Waals surface area (Å²) in [5, 5.41) is 2.88. The fourth-order valence-electron chi connectivity index (χ4n) is 2.65. The molecule has 0 bridgehead atoms. The SMILES string of the molecule is CCOc1ccc(C(=O)Nc2ccc(Oc3ccccc3)cc2)c(OCC)c1. The maximum Gasteiger partial charge on any atom is 0.259 e. The van der Waals surface area contributed by atoms with Crippen molar-refractivity contribution in [3.63, 3.8) is 0 Å². The van der Waals surface area contributed by atoms with Crippen molar-refractivity contribution in [1.29, 1.82) is 0 Å². The molecule has 0 saturated carbocycles. The second-order valence-electron chi connectivity index (χ2n) is 5.92. The molecule has 28 heavy (non-hydrogen) atoms. The zero-order chi connectivity index (χ0) is 19.8. The lowest BCUT2D eigenvalue weighted by Crippen LogP contribution is -2.13. The Balaban J connectivity index is 1.70. The Morgan fingerprint density at radius 2 is 1.43 bits per heavy atom. The summed E-state index contributed by atoms with van der Waals surface area (Å²) < 4.78 is 16.9. The second kappa shape index (κ2) is 9.46. The Morgan fingerprint density at radius 1 is 0.786 bits per heavy atom. The lowest BCUT2D eigenvalue weighted by Gasteiger charge is -2.13. The normalized spacial score (nSPS) is 10.2. The minimum atomic E-state index is -0.247. The third kappa shape index (κ3) is 5.04. The van der Waals surface area contributed by atoms with E-state index in [1.54, 1.807) is 30.3 Å². The molecule has 1 N–H and O–H groups in total. The van der Waals surface area contributed by atoms with E-state index < -0.39 is 0 Å². The van der Waals surface area contributed by atoms with Gasteiger partial charge in [0.2, 0.25) is 0 Å². The zero-order valence-corrected chi connectivity index (χ0v) is 16.0. The Labute approximate surface area is 164 Å². The first-order chi connectivity index (χ1) is 13.7. The van der Waals surface area contributed by atoms with Crippen molar-refractivity contribution >= 4 is 11.6 Å². The van der Waals surface area contributed by atoms with Crippen molar-refractivity contribution in [2.24, 2.45) is 0 Å². The van der Waals surface area contributed by atoms with Gasteiger partial charge in [-0.05, 0) is 62.4 Å². The molecule has 0 saturated heterocycles. The van der Waals surface area contributed by atoms with Gasteiger partial charge in [0.1, 0.15) is 23.0 Å². The maximum atomic E-state index is 12.7. The number of benzene rings is 3. The highest BCUT2D eigenvalue weighted by atomic mass is 16.5. The molecule has 3 aromatic rings. The summed E-state index contributed by atoms with van der Waals surface area (Å²) in [4.78, 5) is 12.7. The predicted octanol–water partition coefficient (Wildman–Crippen LogP) is 5.53. The van der Waals surface area contributed by atoms with E-state index >= 15 is 0 Å². The summed E-state index contributed by atoms with van der Waals surface area (Å²) in [5.41, 5.74) is 1.12. The highest BCUT2D eigenvalue weighted by molar-refractivity contribution is 6.06. The summed E-state index contributed by atoms with van der Waals surface area (Å²) in [7, 11) is 0. The standard InChI is InChI=1S/C23H23NO4/c1-3-26-20-14-15-21(22(16-20)27-4-2)23(25)24-17-10-12-19(13-11-17)28-18-8-6-5-7-9-18/h5-16H,3-4H2,1-2H3,(H,24,25). The number of rotatable bonds is 8. The van der Waals surface area contributed by atoms with Gasteiger partial charge in [-0.15, -0.1) is 0 Å². The number of hydrogen-bond donors (Lipinski definition) is 1. The molecule has 3 aromatic carbocycles. The van der Waals surface area contributed by atoms with Crippen LogP contribution in [-0.2, 0) is 0 Å². The van der Waals surface area contributed by atoms with Crippen LogP contribution in [0.15, 0.2) is 72.8 Å². The van der Waals surface area contributed by atoms with Crippen molar-refractivity contribution in [1.82, 2.24) is 0 Å². The molecule has 0 fully saturated rings. The van der Waals surface area contributed by atoms with Crippen molar-refractivity contribution < 1.29 is 19.0 Å². The molecule has 5 nitrogen and oxygen atoms in total. The highest BCUT2D eigenvalue weighted by Crippen LogP contribution is 2.27. The van der Waals surface area contributed by atoms with Gasteiger partial charge in [0.15, 0.2) is 0 Å². The maximum absolute atomic E-state index is 12.7. The van der Waals surface area contributed by atoms with Crippen LogP contribution in [0.2, 0.25) is 0 Å². The summed E-state index contributed by atoms with van der Waals surface area (Å²) >= 11 is 0. The van der Waals surface area contributed by atoms with Crippen LogP contribution in [-0.4, -0.2) is 19.1 Å². The van der Waals surface area contributed by atoms with Crippen LogP contribution < -0.4 is 19.5 Å². The van der Waals surface area contributed by atoms with Gasteiger partial charge in [-0.25, -0.2) is 0 Å². The smallest absolute Gasteiger partial charge is 0.259 e. The molecule has 0 unspecified atom stereocenters. The lowest BCUT2D eigenvalue weighted by molar-refractivity contribution is 0.102. The number of carbonyl (C=O) groups is 1. The van der Waals surface area contributed by atoms with Gasteiger partial charge in [0, 0.05) is 11.8 Å². The molecular weight excluding hydrogens is 354 g/mol. The van der Waals surface area contributed by atoms with E-state index in [9.17, 15) is 4.79 Å². The number of hydrogen-bond acceptors (Lipinski definition) is 4. The van der Waals surface area contributed by atoms with Crippen LogP contribution in [0.4, 0.5) is 5.69 Å². The van der Waals surface area contributed by atoms with Crippen LogP contribution in [0.3, 0.4) is 0 Å². The first-order valence-electron chi connectivity index (χ1n) is 9.23. The summed E-state index contributed by atoms with van der Waals surface area (Å²) in [6, 6.07) is 21.9. The average Bonchev–Trinajstić information content (AvgIpc) is 2.71. The van der Waals surface area contributed by atoms with E-state index in [0.29, 0.717) is 41.7 Å². The fourth-order valence-corrected chi connectivity index (χ4v) is 2.65. The Bertz CT molecular complexity index is 908. The molecule has 0 aromatic heterocycles. The van der Waals surface area contributed by atoms with Gasteiger partial charge in [0.25, 0.3) is 5.91 Å². The summed E-state index contributed by atoms with van der Waals surface area (Å²) in [6.07, 6.45) is 0. The van der Waals surface area contributed by atoms with E-state index in [-0.39, 0.29) is 5.91 Å². The summed E-state index contributed by atoms with van der Waals surface area (Å²) in [5.74, 6) is 2.37. The van der Waals surface area contributed by atoms with Gasteiger partial charge in [0.05, 0.1) is 18.8 Å². The lowest BCUT2D eigenvalue weighted by atomic mass is 10.1. The molecule has 0 aliphatic heterocycles.